The summed E-state index contributed by atoms with van der Waals surface area (Å²) >= 11 is 0. The Morgan fingerprint density at radius 1 is 1.59 bits per heavy atom. The van der Waals surface area contributed by atoms with Gasteiger partial charge in [0.2, 0.25) is 5.91 Å². The van der Waals surface area contributed by atoms with Gasteiger partial charge in [0.25, 0.3) is 6.43 Å². The topological polar surface area (TPSA) is 41.6 Å². The predicted octanol–water partition coefficient (Wildman–Crippen LogP) is 0.869. The van der Waals surface area contributed by atoms with E-state index in [4.69, 9.17) is 0 Å². The number of ether oxygens (including phenoxy) is 1. The Labute approximate surface area is 100 Å². The molecule has 1 unspecified atom stereocenters. The van der Waals surface area contributed by atoms with E-state index in [-0.39, 0.29) is 18.9 Å². The molecule has 6 heteroatoms. The van der Waals surface area contributed by atoms with Crippen LogP contribution in [0, 0.1) is 0 Å². The van der Waals surface area contributed by atoms with Crippen LogP contribution in [-0.4, -0.2) is 56.6 Å². The van der Waals surface area contributed by atoms with Gasteiger partial charge in [0.1, 0.15) is 6.61 Å². The van der Waals surface area contributed by atoms with Crippen LogP contribution in [-0.2, 0) is 9.53 Å². The molecule has 0 aromatic heterocycles. The van der Waals surface area contributed by atoms with Crippen LogP contribution in [0.1, 0.15) is 19.3 Å². The van der Waals surface area contributed by atoms with E-state index in [1.165, 1.54) is 0 Å². The lowest BCUT2D eigenvalue weighted by molar-refractivity contribution is -0.131. The second-order valence-corrected chi connectivity index (χ2v) is 4.28. The third kappa shape index (κ3) is 5.93. The molecule has 1 amide bonds. The zero-order valence-electron chi connectivity index (χ0n) is 10.1. The summed E-state index contributed by atoms with van der Waals surface area (Å²) in [4.78, 5) is 13.2. The van der Waals surface area contributed by atoms with Crippen molar-refractivity contribution in [3.05, 3.63) is 0 Å². The van der Waals surface area contributed by atoms with E-state index in [0.29, 0.717) is 12.6 Å². The molecule has 17 heavy (non-hydrogen) atoms. The summed E-state index contributed by atoms with van der Waals surface area (Å²) in [5.41, 5.74) is 0. The third-order valence-corrected chi connectivity index (χ3v) is 2.79. The van der Waals surface area contributed by atoms with E-state index in [9.17, 15) is 13.6 Å². The fourth-order valence-corrected chi connectivity index (χ4v) is 1.87. The van der Waals surface area contributed by atoms with Gasteiger partial charge in [-0.05, 0) is 19.4 Å². The molecule has 0 aromatic carbocycles. The zero-order valence-corrected chi connectivity index (χ0v) is 10.1. The van der Waals surface area contributed by atoms with Gasteiger partial charge in [-0.1, -0.05) is 0 Å². The van der Waals surface area contributed by atoms with E-state index < -0.39 is 13.0 Å². The molecule has 1 N–H and O–H groups in total. The van der Waals surface area contributed by atoms with Crippen LogP contribution in [0.2, 0.25) is 0 Å². The Morgan fingerprint density at radius 3 is 2.94 bits per heavy atom. The molecule has 1 heterocycles. The first-order chi connectivity index (χ1) is 8.09. The summed E-state index contributed by atoms with van der Waals surface area (Å²) in [6, 6.07) is 0.367. The van der Waals surface area contributed by atoms with Gasteiger partial charge in [0.05, 0.1) is 13.0 Å². The van der Waals surface area contributed by atoms with Crippen molar-refractivity contribution in [1.82, 2.24) is 10.2 Å². The number of nitrogens with zero attached hydrogens (tertiary/aromatic N) is 1. The van der Waals surface area contributed by atoms with Crippen molar-refractivity contribution in [3.8, 4) is 0 Å². The van der Waals surface area contributed by atoms with Crippen LogP contribution in [0.15, 0.2) is 0 Å². The minimum Gasteiger partial charge on any atom is -0.375 e. The van der Waals surface area contributed by atoms with Gasteiger partial charge in [-0.3, -0.25) is 4.79 Å². The highest BCUT2D eigenvalue weighted by atomic mass is 19.3. The number of hydrogen-bond acceptors (Lipinski definition) is 3. The summed E-state index contributed by atoms with van der Waals surface area (Å²) in [5.74, 6) is -0.0621. The lowest BCUT2D eigenvalue weighted by atomic mass is 10.2. The molecule has 100 valence electrons. The smallest absolute Gasteiger partial charge is 0.261 e. The first-order valence-electron chi connectivity index (χ1n) is 5.93. The Morgan fingerprint density at radius 2 is 2.35 bits per heavy atom. The fraction of sp³-hybridized carbons (Fsp3) is 0.909. The molecule has 0 spiro atoms. The fourth-order valence-electron chi connectivity index (χ4n) is 1.87. The van der Waals surface area contributed by atoms with Gasteiger partial charge >= 0.3 is 0 Å². The first kappa shape index (κ1) is 14.3. The SMILES string of the molecule is CN(CC1CCCN1)C(=O)CCOCC(F)F. The highest BCUT2D eigenvalue weighted by Gasteiger charge is 2.18. The van der Waals surface area contributed by atoms with Gasteiger partial charge in [-0.2, -0.15) is 0 Å². The molecule has 1 aliphatic rings. The van der Waals surface area contributed by atoms with Crippen LogP contribution >= 0.6 is 0 Å². The van der Waals surface area contributed by atoms with Gasteiger partial charge in [0, 0.05) is 19.6 Å². The van der Waals surface area contributed by atoms with Crippen molar-refractivity contribution < 1.29 is 18.3 Å². The largest absolute Gasteiger partial charge is 0.375 e. The van der Waals surface area contributed by atoms with E-state index in [1.807, 2.05) is 0 Å². The van der Waals surface area contributed by atoms with Crippen LogP contribution < -0.4 is 5.32 Å². The van der Waals surface area contributed by atoms with Crippen molar-refractivity contribution in [2.45, 2.75) is 31.7 Å². The van der Waals surface area contributed by atoms with E-state index in [2.05, 4.69) is 10.1 Å². The Hall–Kier alpha value is -0.750. The van der Waals surface area contributed by atoms with Crippen molar-refractivity contribution in [1.29, 1.82) is 0 Å². The molecular formula is C11H20F2N2O2. The summed E-state index contributed by atoms with van der Waals surface area (Å²) in [6.45, 7) is 1.14. The van der Waals surface area contributed by atoms with E-state index in [0.717, 1.165) is 19.4 Å². The lowest BCUT2D eigenvalue weighted by Crippen LogP contribution is -2.39. The molecule has 1 saturated heterocycles. The summed E-state index contributed by atoms with van der Waals surface area (Å²) in [5, 5.41) is 3.30. The van der Waals surface area contributed by atoms with Crippen molar-refractivity contribution in [3.63, 3.8) is 0 Å². The number of likely N-dealkylation sites (N-methyl/N-ethyl adjacent to an activating group) is 1. The Kier molecular flexibility index (Phi) is 6.36. The predicted molar refractivity (Wildman–Crippen MR) is 60.1 cm³/mol. The number of alkyl halides is 2. The van der Waals surface area contributed by atoms with Gasteiger partial charge in [-0.15, -0.1) is 0 Å². The number of halogens is 2. The first-order valence-corrected chi connectivity index (χ1v) is 5.93. The molecule has 0 saturated carbocycles. The third-order valence-electron chi connectivity index (χ3n) is 2.79. The van der Waals surface area contributed by atoms with Crippen molar-refractivity contribution >= 4 is 5.91 Å². The van der Waals surface area contributed by atoms with Crippen LogP contribution in [0.5, 0.6) is 0 Å². The highest BCUT2D eigenvalue weighted by Crippen LogP contribution is 2.06. The maximum Gasteiger partial charge on any atom is 0.261 e. The molecule has 1 aliphatic heterocycles. The maximum absolute atomic E-state index is 11.8. The summed E-state index contributed by atoms with van der Waals surface area (Å²) < 4.78 is 28.2. The molecule has 1 atom stereocenters. The molecule has 0 bridgehead atoms. The van der Waals surface area contributed by atoms with Crippen molar-refractivity contribution in [2.75, 3.05) is 33.4 Å². The monoisotopic (exact) mass is 250 g/mol. The van der Waals surface area contributed by atoms with E-state index in [1.54, 1.807) is 11.9 Å². The number of carbonyl (C=O) groups is 1. The molecule has 0 aliphatic carbocycles. The normalized spacial score (nSPS) is 19.9. The average Bonchev–Trinajstić information content (AvgIpc) is 2.76. The van der Waals surface area contributed by atoms with Crippen LogP contribution in [0.25, 0.3) is 0 Å². The van der Waals surface area contributed by atoms with Crippen molar-refractivity contribution in [2.24, 2.45) is 0 Å². The second kappa shape index (κ2) is 7.55. The molecule has 1 fully saturated rings. The Balaban J connectivity index is 2.09. The molecule has 0 radical (unpaired) electrons. The number of hydrogen-bond donors (Lipinski definition) is 1. The molecule has 1 rings (SSSR count). The molecule has 0 aromatic rings. The molecular weight excluding hydrogens is 230 g/mol. The quantitative estimate of drug-likeness (QED) is 0.682. The van der Waals surface area contributed by atoms with Gasteiger partial charge in [-0.25, -0.2) is 8.78 Å². The zero-order chi connectivity index (χ0) is 12.7. The summed E-state index contributed by atoms with van der Waals surface area (Å²) in [7, 11) is 1.73. The molecule has 4 nitrogen and oxygen atoms in total. The van der Waals surface area contributed by atoms with E-state index >= 15 is 0 Å². The standard InChI is InChI=1S/C11H20F2N2O2/c1-15(7-9-3-2-5-14-9)11(16)4-6-17-8-10(12)13/h9-10,14H,2-8H2,1H3. The minimum atomic E-state index is -2.47. The second-order valence-electron chi connectivity index (χ2n) is 4.28. The van der Waals surface area contributed by atoms with Gasteiger partial charge < -0.3 is 15.0 Å². The Bertz CT molecular complexity index is 234. The number of nitrogens with one attached hydrogen (secondary N) is 1. The minimum absolute atomic E-state index is 0.0611. The summed E-state index contributed by atoms with van der Waals surface area (Å²) in [6.07, 6.45) is -0.0786. The lowest BCUT2D eigenvalue weighted by Gasteiger charge is -2.21. The highest BCUT2D eigenvalue weighted by molar-refractivity contribution is 5.75. The number of rotatable bonds is 7. The number of carbonyl (C=O) groups excluding carboxylic acids is 1. The van der Waals surface area contributed by atoms with Crippen LogP contribution in [0.3, 0.4) is 0 Å². The van der Waals surface area contributed by atoms with Crippen LogP contribution in [0.4, 0.5) is 8.78 Å². The van der Waals surface area contributed by atoms with Gasteiger partial charge in [0.15, 0.2) is 0 Å². The maximum atomic E-state index is 11.8. The number of amides is 1. The average molecular weight is 250 g/mol.